The van der Waals surface area contributed by atoms with Crippen LogP contribution in [0, 0.1) is 5.82 Å². The number of allylic oxidation sites excluding steroid dienone is 1. The molecule has 3 aromatic rings. The van der Waals surface area contributed by atoms with Gasteiger partial charge in [-0.05, 0) is 0 Å². The number of benzene rings is 2. The molecule has 0 saturated heterocycles. The molecule has 0 spiro atoms. The molecule has 3 nitrogen and oxygen atoms in total. The van der Waals surface area contributed by atoms with E-state index in [0.717, 1.165) is 48.9 Å². The molecule has 0 fully saturated rings. The van der Waals surface area contributed by atoms with Crippen molar-refractivity contribution in [2.75, 3.05) is 6.54 Å². The molecule has 0 aliphatic rings. The van der Waals surface area contributed by atoms with E-state index in [4.69, 9.17) is 0 Å². The Morgan fingerprint density at radius 2 is 1.68 bits per heavy atom. The van der Waals surface area contributed by atoms with Crippen LogP contribution in [0.3, 0.4) is 0 Å². The molecule has 0 radical (unpaired) electrons. The molecule has 3 rings (SSSR count). The fourth-order valence-corrected chi connectivity index (χ4v) is 4.92. The monoisotopic (exact) mass is 443 g/mol. The zero-order valence-corrected chi connectivity index (χ0v) is 17.7. The van der Waals surface area contributed by atoms with E-state index in [1.165, 1.54) is 16.2 Å². The summed E-state index contributed by atoms with van der Waals surface area (Å²) in [5, 5.41) is 12.0. The van der Waals surface area contributed by atoms with Crippen LogP contribution in [0.2, 0.25) is 0 Å². The van der Waals surface area contributed by atoms with E-state index in [0.29, 0.717) is 12.0 Å². The molecule has 0 aliphatic heterocycles. The summed E-state index contributed by atoms with van der Waals surface area (Å²) in [5.41, 5.74) is 3.06. The molecule has 1 heterocycles. The van der Waals surface area contributed by atoms with E-state index in [2.05, 4.69) is 46.4 Å². The van der Waals surface area contributed by atoms with E-state index in [-0.39, 0.29) is 20.3 Å². The van der Waals surface area contributed by atoms with E-state index in [9.17, 15) is 4.39 Å². The second-order valence-corrected chi connectivity index (χ2v) is 9.27. The Kier molecular flexibility index (Phi) is 8.01. The SMILES string of the molecule is C=C(Cc1ccccc1)NCCCCCc1nnc(Cc2ccccc2F)[se]1. The second-order valence-electron chi connectivity index (χ2n) is 6.86. The number of hydrogen-bond acceptors (Lipinski definition) is 3. The zero-order valence-electron chi connectivity index (χ0n) is 16.0. The van der Waals surface area contributed by atoms with Gasteiger partial charge in [0.1, 0.15) is 0 Å². The van der Waals surface area contributed by atoms with Gasteiger partial charge in [0.05, 0.1) is 0 Å². The normalized spacial score (nSPS) is 10.8. The van der Waals surface area contributed by atoms with Crippen molar-refractivity contribution >= 4 is 14.5 Å². The van der Waals surface area contributed by atoms with Gasteiger partial charge in [-0.2, -0.15) is 0 Å². The number of hydrogen-bond donors (Lipinski definition) is 1. The van der Waals surface area contributed by atoms with E-state index in [1.54, 1.807) is 6.07 Å². The Balaban J connectivity index is 1.30. The van der Waals surface area contributed by atoms with Gasteiger partial charge in [-0.3, -0.25) is 0 Å². The van der Waals surface area contributed by atoms with Crippen LogP contribution in [-0.4, -0.2) is 31.2 Å². The third-order valence-corrected chi connectivity index (χ3v) is 6.57. The van der Waals surface area contributed by atoms with Gasteiger partial charge in [0, 0.05) is 0 Å². The topological polar surface area (TPSA) is 37.8 Å². The van der Waals surface area contributed by atoms with Crippen LogP contribution in [0.4, 0.5) is 4.39 Å². The van der Waals surface area contributed by atoms with Crippen molar-refractivity contribution in [2.24, 2.45) is 0 Å². The molecule has 0 atom stereocenters. The summed E-state index contributed by atoms with van der Waals surface area (Å²) >= 11 is 0.171. The summed E-state index contributed by atoms with van der Waals surface area (Å²) in [7, 11) is 0. The van der Waals surface area contributed by atoms with Gasteiger partial charge in [0.25, 0.3) is 0 Å². The van der Waals surface area contributed by atoms with Crippen LogP contribution in [-0.2, 0) is 19.3 Å². The molecule has 5 heteroatoms. The molecule has 1 aromatic heterocycles. The second kappa shape index (κ2) is 10.9. The van der Waals surface area contributed by atoms with Crippen molar-refractivity contribution < 1.29 is 4.39 Å². The summed E-state index contributed by atoms with van der Waals surface area (Å²) in [6, 6.07) is 17.3. The van der Waals surface area contributed by atoms with Crippen molar-refractivity contribution in [3.63, 3.8) is 0 Å². The molecule has 0 bridgehead atoms. The standard InChI is InChI=1S/C23H26FN3Se/c1-18(16-19-10-4-2-5-11-19)25-15-9-3-6-14-22-26-27-23(28-22)17-20-12-7-8-13-21(20)24/h2,4-5,7-8,10-13,25H,1,3,6,9,14-17H2. The average Bonchev–Trinajstić information content (AvgIpc) is 3.14. The van der Waals surface area contributed by atoms with Crippen molar-refractivity contribution in [3.05, 3.63) is 93.0 Å². The van der Waals surface area contributed by atoms with Crippen molar-refractivity contribution in [3.8, 4) is 0 Å². The first kappa shape index (κ1) is 20.5. The molecular formula is C23H26FN3Se. The van der Waals surface area contributed by atoms with E-state index < -0.39 is 0 Å². The first-order chi connectivity index (χ1) is 13.7. The fraction of sp³-hybridized carbons (Fsp3) is 0.304. The van der Waals surface area contributed by atoms with Gasteiger partial charge >= 0.3 is 166 Å². The van der Waals surface area contributed by atoms with Crippen LogP contribution in [0.5, 0.6) is 0 Å². The number of nitrogens with one attached hydrogen (secondary N) is 1. The number of halogens is 1. The molecular weight excluding hydrogens is 416 g/mol. The van der Waals surface area contributed by atoms with E-state index in [1.807, 2.05) is 18.2 Å². The number of aryl methyl sites for hydroxylation is 1. The van der Waals surface area contributed by atoms with Crippen molar-refractivity contribution in [2.45, 2.75) is 38.5 Å². The third-order valence-electron chi connectivity index (χ3n) is 4.51. The van der Waals surface area contributed by atoms with Crippen LogP contribution in [0.25, 0.3) is 0 Å². The Labute approximate surface area is 172 Å². The average molecular weight is 442 g/mol. The van der Waals surface area contributed by atoms with Gasteiger partial charge < -0.3 is 0 Å². The number of rotatable bonds is 11. The van der Waals surface area contributed by atoms with Gasteiger partial charge in [-0.1, -0.05) is 6.07 Å². The third kappa shape index (κ3) is 6.74. The number of nitrogens with zero attached hydrogens (tertiary/aromatic N) is 2. The first-order valence-electron chi connectivity index (χ1n) is 9.71. The molecule has 146 valence electrons. The molecule has 2 aromatic carbocycles. The van der Waals surface area contributed by atoms with Crippen molar-refractivity contribution in [1.29, 1.82) is 0 Å². The summed E-state index contributed by atoms with van der Waals surface area (Å²) < 4.78 is 15.9. The van der Waals surface area contributed by atoms with Crippen molar-refractivity contribution in [1.82, 2.24) is 15.5 Å². The fourth-order valence-electron chi connectivity index (χ4n) is 3.01. The Morgan fingerprint density at radius 1 is 0.929 bits per heavy atom. The molecule has 0 saturated carbocycles. The van der Waals surface area contributed by atoms with Gasteiger partial charge in [0.2, 0.25) is 0 Å². The molecule has 1 N–H and O–H groups in total. The minimum atomic E-state index is -0.157. The molecule has 0 unspecified atom stereocenters. The molecule has 0 aliphatic carbocycles. The van der Waals surface area contributed by atoms with Gasteiger partial charge in [-0.15, -0.1) is 0 Å². The van der Waals surface area contributed by atoms with Crippen LogP contribution in [0.1, 0.15) is 39.5 Å². The Morgan fingerprint density at radius 3 is 2.50 bits per heavy atom. The summed E-state index contributed by atoms with van der Waals surface area (Å²) in [6.45, 7) is 5.07. The molecule has 0 amide bonds. The predicted molar refractivity (Wildman–Crippen MR) is 113 cm³/mol. The first-order valence-corrected chi connectivity index (χ1v) is 11.4. The Hall–Kier alpha value is -2.23. The maximum absolute atomic E-state index is 13.7. The maximum atomic E-state index is 13.7. The zero-order chi connectivity index (χ0) is 19.6. The quantitative estimate of drug-likeness (QED) is 0.355. The summed E-state index contributed by atoms with van der Waals surface area (Å²) in [5.74, 6) is -0.157. The van der Waals surface area contributed by atoms with E-state index >= 15 is 0 Å². The van der Waals surface area contributed by atoms with Crippen LogP contribution < -0.4 is 5.32 Å². The summed E-state index contributed by atoms with van der Waals surface area (Å²) in [6.07, 6.45) is 5.85. The Bertz CT molecular complexity index is 876. The number of aromatic nitrogens is 2. The van der Waals surface area contributed by atoms with Gasteiger partial charge in [0.15, 0.2) is 0 Å². The molecule has 28 heavy (non-hydrogen) atoms. The predicted octanol–water partition coefficient (Wildman–Crippen LogP) is 4.32. The van der Waals surface area contributed by atoms with Crippen LogP contribution >= 0.6 is 0 Å². The summed E-state index contributed by atoms with van der Waals surface area (Å²) in [4.78, 5) is 0. The minimum absolute atomic E-state index is 0.157. The van der Waals surface area contributed by atoms with Gasteiger partial charge in [-0.25, -0.2) is 0 Å². The number of unbranched alkanes of at least 4 members (excludes halogenated alkanes) is 2. The van der Waals surface area contributed by atoms with Crippen LogP contribution in [0.15, 0.2) is 66.9 Å².